The molecule has 3 rings (SSSR count). The summed E-state index contributed by atoms with van der Waals surface area (Å²) in [5, 5.41) is 3.35. The summed E-state index contributed by atoms with van der Waals surface area (Å²) < 4.78 is 0. The van der Waals surface area contributed by atoms with Gasteiger partial charge in [0, 0.05) is 11.6 Å². The summed E-state index contributed by atoms with van der Waals surface area (Å²) in [6.45, 7) is 2.06. The smallest absolute Gasteiger partial charge is 0.225 e. The van der Waals surface area contributed by atoms with Gasteiger partial charge in [-0.15, -0.1) is 12.4 Å². The maximum Gasteiger partial charge on any atom is 0.225 e. The number of hydrogen-bond acceptors (Lipinski definition) is 2. The van der Waals surface area contributed by atoms with Gasteiger partial charge in [-0.25, -0.2) is 0 Å². The lowest BCUT2D eigenvalue weighted by molar-refractivity contribution is -0.129. The SMILES string of the molecule is CC1(N)CCCCC1C(=O)NC(C1CC1)C1CC1.Cl. The molecule has 3 N–H and O–H groups in total. The highest BCUT2D eigenvalue weighted by molar-refractivity contribution is 5.85. The summed E-state index contributed by atoms with van der Waals surface area (Å²) in [5.74, 6) is 1.82. The average molecular weight is 287 g/mol. The van der Waals surface area contributed by atoms with E-state index in [4.69, 9.17) is 5.73 Å². The molecule has 3 fully saturated rings. The van der Waals surface area contributed by atoms with Gasteiger partial charge in [-0.1, -0.05) is 12.8 Å². The summed E-state index contributed by atoms with van der Waals surface area (Å²) in [6, 6.07) is 0.468. The van der Waals surface area contributed by atoms with Crippen molar-refractivity contribution < 1.29 is 4.79 Å². The summed E-state index contributed by atoms with van der Waals surface area (Å²) in [5.41, 5.74) is 6.03. The molecular weight excluding hydrogens is 260 g/mol. The lowest BCUT2D eigenvalue weighted by atomic mass is 9.74. The Bertz CT molecular complexity index is 325. The molecule has 3 aliphatic carbocycles. The van der Waals surface area contributed by atoms with Crippen molar-refractivity contribution in [3.63, 3.8) is 0 Å². The second-order valence-corrected chi connectivity index (χ2v) is 7.01. The zero-order valence-corrected chi connectivity index (χ0v) is 12.7. The van der Waals surface area contributed by atoms with Crippen LogP contribution in [0.3, 0.4) is 0 Å². The van der Waals surface area contributed by atoms with Gasteiger partial charge in [0.1, 0.15) is 0 Å². The molecule has 0 spiro atoms. The molecule has 0 heterocycles. The number of amides is 1. The number of carbonyl (C=O) groups is 1. The monoisotopic (exact) mass is 286 g/mol. The summed E-state index contributed by atoms with van der Waals surface area (Å²) in [6.07, 6.45) is 9.54. The Labute approximate surface area is 122 Å². The summed E-state index contributed by atoms with van der Waals surface area (Å²) in [4.78, 5) is 12.5. The van der Waals surface area contributed by atoms with Crippen LogP contribution in [0.15, 0.2) is 0 Å². The normalized spacial score (nSPS) is 34.8. The number of nitrogens with one attached hydrogen (secondary N) is 1. The van der Waals surface area contributed by atoms with Crippen LogP contribution in [0, 0.1) is 17.8 Å². The van der Waals surface area contributed by atoms with E-state index in [1.807, 2.05) is 0 Å². The minimum Gasteiger partial charge on any atom is -0.353 e. The molecular formula is C15H27ClN2O. The number of nitrogens with two attached hydrogens (primary N) is 1. The molecule has 0 saturated heterocycles. The molecule has 110 valence electrons. The Morgan fingerprint density at radius 3 is 2.21 bits per heavy atom. The van der Waals surface area contributed by atoms with E-state index in [0.717, 1.165) is 31.1 Å². The molecule has 19 heavy (non-hydrogen) atoms. The van der Waals surface area contributed by atoms with Gasteiger partial charge < -0.3 is 11.1 Å². The number of rotatable bonds is 4. The second-order valence-electron chi connectivity index (χ2n) is 7.01. The van der Waals surface area contributed by atoms with E-state index in [9.17, 15) is 4.79 Å². The first-order chi connectivity index (χ1) is 8.58. The Morgan fingerprint density at radius 2 is 1.74 bits per heavy atom. The van der Waals surface area contributed by atoms with Crippen molar-refractivity contribution in [1.82, 2.24) is 5.32 Å². The van der Waals surface area contributed by atoms with Crippen molar-refractivity contribution in [3.05, 3.63) is 0 Å². The fourth-order valence-corrected chi connectivity index (χ4v) is 3.59. The first-order valence-electron chi connectivity index (χ1n) is 7.67. The van der Waals surface area contributed by atoms with Crippen LogP contribution < -0.4 is 11.1 Å². The minimum atomic E-state index is -0.292. The quantitative estimate of drug-likeness (QED) is 0.835. The van der Waals surface area contributed by atoms with Crippen molar-refractivity contribution in [2.24, 2.45) is 23.5 Å². The van der Waals surface area contributed by atoms with Crippen LogP contribution in [0.25, 0.3) is 0 Å². The van der Waals surface area contributed by atoms with E-state index in [-0.39, 0.29) is 29.8 Å². The van der Waals surface area contributed by atoms with Gasteiger partial charge in [-0.3, -0.25) is 4.79 Å². The molecule has 0 radical (unpaired) electrons. The Balaban J connectivity index is 0.00000133. The molecule has 4 heteroatoms. The van der Waals surface area contributed by atoms with Gasteiger partial charge in [-0.2, -0.15) is 0 Å². The molecule has 0 aromatic rings. The van der Waals surface area contributed by atoms with E-state index >= 15 is 0 Å². The van der Waals surface area contributed by atoms with Gasteiger partial charge in [0.05, 0.1) is 5.92 Å². The van der Waals surface area contributed by atoms with E-state index in [1.165, 1.54) is 32.1 Å². The second kappa shape index (κ2) is 5.61. The number of halogens is 1. The maximum atomic E-state index is 12.5. The van der Waals surface area contributed by atoms with Crippen LogP contribution >= 0.6 is 12.4 Å². The van der Waals surface area contributed by atoms with Crippen molar-refractivity contribution >= 4 is 18.3 Å². The van der Waals surface area contributed by atoms with Crippen LogP contribution in [-0.4, -0.2) is 17.5 Å². The van der Waals surface area contributed by atoms with Crippen LogP contribution in [0.5, 0.6) is 0 Å². The van der Waals surface area contributed by atoms with Crippen molar-refractivity contribution in [2.75, 3.05) is 0 Å². The van der Waals surface area contributed by atoms with E-state index in [2.05, 4.69) is 12.2 Å². The molecule has 0 bridgehead atoms. The molecule has 2 unspecified atom stereocenters. The lowest BCUT2D eigenvalue weighted by Gasteiger charge is -2.38. The van der Waals surface area contributed by atoms with E-state index in [0.29, 0.717) is 6.04 Å². The van der Waals surface area contributed by atoms with Crippen molar-refractivity contribution in [1.29, 1.82) is 0 Å². The average Bonchev–Trinajstić information content (AvgIpc) is 3.15. The number of carbonyl (C=O) groups excluding carboxylic acids is 1. The standard InChI is InChI=1S/C15H26N2O.ClH/c1-15(16)9-3-2-4-12(15)14(18)17-13(10-5-6-10)11-7-8-11;/h10-13H,2-9,16H2,1H3,(H,17,18);1H. The van der Waals surface area contributed by atoms with Crippen LogP contribution in [0.4, 0.5) is 0 Å². The highest BCUT2D eigenvalue weighted by Gasteiger charge is 2.45. The van der Waals surface area contributed by atoms with Gasteiger partial charge in [-0.05, 0) is 57.3 Å². The maximum absolute atomic E-state index is 12.5. The molecule has 2 atom stereocenters. The third-order valence-electron chi connectivity index (χ3n) is 5.14. The van der Waals surface area contributed by atoms with Crippen LogP contribution in [-0.2, 0) is 4.79 Å². The van der Waals surface area contributed by atoms with Crippen molar-refractivity contribution in [3.8, 4) is 0 Å². The van der Waals surface area contributed by atoms with Gasteiger partial charge >= 0.3 is 0 Å². The fourth-order valence-electron chi connectivity index (χ4n) is 3.59. The van der Waals surface area contributed by atoms with Gasteiger partial charge in [0.15, 0.2) is 0 Å². The third-order valence-corrected chi connectivity index (χ3v) is 5.14. The molecule has 0 aliphatic heterocycles. The predicted molar refractivity (Wildman–Crippen MR) is 79.2 cm³/mol. The predicted octanol–water partition coefficient (Wildman–Crippen LogP) is 2.62. The molecule has 3 saturated carbocycles. The first-order valence-corrected chi connectivity index (χ1v) is 7.67. The highest BCUT2D eigenvalue weighted by Crippen LogP contribution is 2.45. The Hall–Kier alpha value is -0.280. The van der Waals surface area contributed by atoms with Gasteiger partial charge in [0.25, 0.3) is 0 Å². The summed E-state index contributed by atoms with van der Waals surface area (Å²) in [7, 11) is 0. The Kier molecular flexibility index (Phi) is 4.46. The minimum absolute atomic E-state index is 0. The van der Waals surface area contributed by atoms with E-state index < -0.39 is 0 Å². The van der Waals surface area contributed by atoms with Gasteiger partial charge in [0.2, 0.25) is 5.91 Å². The zero-order valence-electron chi connectivity index (χ0n) is 11.9. The number of hydrogen-bond donors (Lipinski definition) is 2. The van der Waals surface area contributed by atoms with Crippen LogP contribution in [0.2, 0.25) is 0 Å². The highest BCUT2D eigenvalue weighted by atomic mass is 35.5. The van der Waals surface area contributed by atoms with Crippen LogP contribution in [0.1, 0.15) is 58.3 Å². The largest absolute Gasteiger partial charge is 0.353 e. The molecule has 0 aromatic heterocycles. The third kappa shape index (κ3) is 3.43. The van der Waals surface area contributed by atoms with E-state index in [1.54, 1.807) is 0 Å². The Morgan fingerprint density at radius 1 is 1.16 bits per heavy atom. The first kappa shape index (κ1) is 15.1. The fraction of sp³-hybridized carbons (Fsp3) is 0.933. The summed E-state index contributed by atoms with van der Waals surface area (Å²) >= 11 is 0. The molecule has 3 nitrogen and oxygen atoms in total. The lowest BCUT2D eigenvalue weighted by Crippen LogP contribution is -2.54. The molecule has 0 aromatic carbocycles. The zero-order chi connectivity index (χ0) is 12.8. The molecule has 1 amide bonds. The van der Waals surface area contributed by atoms with Crippen molar-refractivity contribution in [2.45, 2.75) is 69.9 Å². The topological polar surface area (TPSA) is 55.1 Å². The molecule has 3 aliphatic rings.